The van der Waals surface area contributed by atoms with Gasteiger partial charge in [-0.3, -0.25) is 4.79 Å². The van der Waals surface area contributed by atoms with Crippen LogP contribution in [0.1, 0.15) is 18.0 Å². The van der Waals surface area contributed by atoms with Crippen molar-refractivity contribution >= 4 is 10.0 Å². The van der Waals surface area contributed by atoms with Crippen molar-refractivity contribution in [2.75, 3.05) is 20.2 Å². The van der Waals surface area contributed by atoms with Crippen LogP contribution in [0.5, 0.6) is 11.5 Å². The SMILES string of the molecule is COc1ccc(S(=O)(=O)N2C[C@@H]3C[C@H](C2)c2ccc(-c4ccc(OC(F)(F)F)cc4)c(=O)n2C3)cc1. The Balaban J connectivity index is 1.41. The second kappa shape index (κ2) is 8.97. The van der Waals surface area contributed by atoms with Crippen molar-refractivity contribution < 1.29 is 31.1 Å². The molecule has 3 aromatic rings. The number of rotatable bonds is 5. The summed E-state index contributed by atoms with van der Waals surface area (Å²) in [6.45, 7) is 0.917. The van der Waals surface area contributed by atoms with Crippen LogP contribution in [0.4, 0.5) is 13.2 Å². The molecule has 0 spiro atoms. The molecule has 190 valence electrons. The monoisotopic (exact) mass is 520 g/mol. The zero-order valence-corrected chi connectivity index (χ0v) is 20.1. The third-order valence-electron chi connectivity index (χ3n) is 6.67. The van der Waals surface area contributed by atoms with Crippen molar-refractivity contribution in [1.29, 1.82) is 0 Å². The number of fused-ring (bicyclic) bond motifs is 4. The molecule has 36 heavy (non-hydrogen) atoms. The molecule has 0 N–H and O–H groups in total. The van der Waals surface area contributed by atoms with Gasteiger partial charge in [0.15, 0.2) is 0 Å². The first-order chi connectivity index (χ1) is 17.0. The van der Waals surface area contributed by atoms with Gasteiger partial charge < -0.3 is 14.0 Å². The van der Waals surface area contributed by atoms with E-state index in [0.29, 0.717) is 30.0 Å². The van der Waals surface area contributed by atoms with Gasteiger partial charge in [-0.1, -0.05) is 12.1 Å². The molecule has 3 heterocycles. The zero-order chi connectivity index (χ0) is 25.7. The number of aromatic nitrogens is 1. The Morgan fingerprint density at radius 2 is 1.56 bits per heavy atom. The lowest BCUT2D eigenvalue weighted by atomic mass is 9.84. The van der Waals surface area contributed by atoms with E-state index in [0.717, 1.165) is 12.1 Å². The van der Waals surface area contributed by atoms with Crippen molar-refractivity contribution in [3.8, 4) is 22.6 Å². The highest BCUT2D eigenvalue weighted by atomic mass is 32.2. The van der Waals surface area contributed by atoms with Crippen LogP contribution in [0.25, 0.3) is 11.1 Å². The highest BCUT2D eigenvalue weighted by Gasteiger charge is 2.40. The van der Waals surface area contributed by atoms with E-state index in [4.69, 9.17) is 4.74 Å². The first-order valence-electron chi connectivity index (χ1n) is 11.3. The summed E-state index contributed by atoms with van der Waals surface area (Å²) < 4.78 is 76.1. The molecule has 0 amide bonds. The first-order valence-corrected chi connectivity index (χ1v) is 12.7. The summed E-state index contributed by atoms with van der Waals surface area (Å²) in [5.74, 6) is 0.0164. The fourth-order valence-electron chi connectivity index (χ4n) is 5.05. The largest absolute Gasteiger partial charge is 0.573 e. The molecule has 2 aromatic carbocycles. The zero-order valence-electron chi connectivity index (χ0n) is 19.2. The molecule has 1 aromatic heterocycles. The van der Waals surface area contributed by atoms with E-state index in [2.05, 4.69) is 4.74 Å². The third kappa shape index (κ3) is 4.60. The summed E-state index contributed by atoms with van der Waals surface area (Å²) in [5, 5.41) is 0. The molecule has 5 rings (SSSR count). The number of hydrogen-bond acceptors (Lipinski definition) is 5. The van der Waals surface area contributed by atoms with E-state index in [1.165, 1.54) is 47.8 Å². The number of pyridine rings is 1. The van der Waals surface area contributed by atoms with Crippen molar-refractivity contribution in [3.63, 3.8) is 0 Å². The maximum absolute atomic E-state index is 13.3. The van der Waals surface area contributed by atoms with Crippen LogP contribution in [0, 0.1) is 5.92 Å². The van der Waals surface area contributed by atoms with Crippen LogP contribution in [-0.2, 0) is 16.6 Å². The average Bonchev–Trinajstić information content (AvgIpc) is 2.84. The van der Waals surface area contributed by atoms with Crippen LogP contribution in [0.3, 0.4) is 0 Å². The Hall–Kier alpha value is -3.31. The van der Waals surface area contributed by atoms with E-state index < -0.39 is 16.4 Å². The molecular formula is C25H23F3N2O5S. The average molecular weight is 521 g/mol. The lowest BCUT2D eigenvalue weighted by molar-refractivity contribution is -0.274. The van der Waals surface area contributed by atoms with Gasteiger partial charge in [0, 0.05) is 36.8 Å². The van der Waals surface area contributed by atoms with E-state index in [1.807, 2.05) is 0 Å². The Kier molecular flexibility index (Phi) is 6.08. The van der Waals surface area contributed by atoms with Gasteiger partial charge in [0.25, 0.3) is 5.56 Å². The van der Waals surface area contributed by atoms with Crippen molar-refractivity contribution in [2.24, 2.45) is 5.92 Å². The predicted molar refractivity (Wildman–Crippen MR) is 125 cm³/mol. The molecule has 2 bridgehead atoms. The van der Waals surface area contributed by atoms with Crippen LogP contribution in [0.2, 0.25) is 0 Å². The van der Waals surface area contributed by atoms with Gasteiger partial charge in [-0.15, -0.1) is 13.2 Å². The van der Waals surface area contributed by atoms with Crippen molar-refractivity contribution in [2.45, 2.75) is 30.1 Å². The molecule has 11 heteroatoms. The summed E-state index contributed by atoms with van der Waals surface area (Å²) in [6.07, 6.45) is -4.02. The van der Waals surface area contributed by atoms with Crippen LogP contribution < -0.4 is 15.0 Å². The number of halogens is 3. The van der Waals surface area contributed by atoms with E-state index >= 15 is 0 Å². The highest BCUT2D eigenvalue weighted by molar-refractivity contribution is 7.89. The molecule has 2 aliphatic heterocycles. The van der Waals surface area contributed by atoms with Crippen LogP contribution >= 0.6 is 0 Å². The van der Waals surface area contributed by atoms with Gasteiger partial charge in [-0.05, 0) is 66.4 Å². The minimum Gasteiger partial charge on any atom is -0.497 e. The number of piperidine rings is 1. The third-order valence-corrected chi connectivity index (χ3v) is 8.51. The fraction of sp³-hybridized carbons (Fsp3) is 0.320. The van der Waals surface area contributed by atoms with Gasteiger partial charge in [-0.25, -0.2) is 8.42 Å². The molecule has 0 saturated carbocycles. The topological polar surface area (TPSA) is 77.8 Å². The van der Waals surface area contributed by atoms with Gasteiger partial charge in [0.05, 0.1) is 12.0 Å². The summed E-state index contributed by atoms with van der Waals surface area (Å²) in [5.41, 5.74) is 1.34. The van der Waals surface area contributed by atoms with Crippen molar-refractivity contribution in [3.05, 3.63) is 76.7 Å². The summed E-state index contributed by atoms with van der Waals surface area (Å²) >= 11 is 0. The smallest absolute Gasteiger partial charge is 0.497 e. The first kappa shape index (κ1) is 24.4. The molecule has 2 atom stereocenters. The van der Waals surface area contributed by atoms with E-state index in [1.54, 1.807) is 28.8 Å². The van der Waals surface area contributed by atoms with Crippen molar-refractivity contribution in [1.82, 2.24) is 8.87 Å². The summed E-state index contributed by atoms with van der Waals surface area (Å²) in [7, 11) is -2.20. The minimum atomic E-state index is -4.79. The Labute approximate surface area is 205 Å². The number of sulfonamides is 1. The van der Waals surface area contributed by atoms with Gasteiger partial charge in [0.1, 0.15) is 11.5 Å². The van der Waals surface area contributed by atoms with Crippen LogP contribution in [-0.4, -0.2) is 43.9 Å². The normalized spacial score (nSPS) is 20.0. The second-order valence-corrected chi connectivity index (χ2v) is 10.9. The van der Waals surface area contributed by atoms with Gasteiger partial charge in [-0.2, -0.15) is 4.31 Å². The Morgan fingerprint density at radius 3 is 2.19 bits per heavy atom. The molecular weight excluding hydrogens is 497 g/mol. The molecule has 2 aliphatic rings. The number of methoxy groups -OCH3 is 1. The Morgan fingerprint density at radius 1 is 0.889 bits per heavy atom. The molecule has 0 radical (unpaired) electrons. The fourth-order valence-corrected chi connectivity index (χ4v) is 6.61. The molecule has 0 unspecified atom stereocenters. The van der Waals surface area contributed by atoms with Gasteiger partial charge >= 0.3 is 6.36 Å². The van der Waals surface area contributed by atoms with E-state index in [9.17, 15) is 26.4 Å². The number of benzene rings is 2. The second-order valence-electron chi connectivity index (χ2n) is 8.96. The molecule has 1 fully saturated rings. The Bertz CT molecular complexity index is 1430. The number of hydrogen-bond donors (Lipinski definition) is 0. The summed E-state index contributed by atoms with van der Waals surface area (Å²) in [6, 6.07) is 14.9. The maximum atomic E-state index is 13.3. The molecule has 7 nitrogen and oxygen atoms in total. The number of nitrogens with zero attached hydrogens (tertiary/aromatic N) is 2. The summed E-state index contributed by atoms with van der Waals surface area (Å²) in [4.78, 5) is 13.5. The van der Waals surface area contributed by atoms with Gasteiger partial charge in [0.2, 0.25) is 10.0 Å². The standard InChI is InChI=1S/C25H23F3N2O5S/c1-34-19-6-8-21(9-7-19)36(32,33)29-13-16-12-18(15-29)23-11-10-22(24(31)30(23)14-16)17-2-4-20(5-3-17)35-25(26,27)28/h2-11,16,18H,12-15H2,1H3/t16-,18+/m0/s1. The van der Waals surface area contributed by atoms with E-state index in [-0.39, 0.29) is 34.6 Å². The van der Waals surface area contributed by atoms with Crippen LogP contribution in [0.15, 0.2) is 70.4 Å². The number of ether oxygens (including phenoxy) is 2. The maximum Gasteiger partial charge on any atom is 0.573 e. The minimum absolute atomic E-state index is 0.0419. The quantitative estimate of drug-likeness (QED) is 0.503. The molecule has 0 aliphatic carbocycles. The number of alkyl halides is 3. The lowest BCUT2D eigenvalue weighted by Crippen LogP contribution is -2.49. The molecule has 1 saturated heterocycles. The lowest BCUT2D eigenvalue weighted by Gasteiger charge is -2.42. The highest BCUT2D eigenvalue weighted by Crippen LogP contribution is 2.38. The predicted octanol–water partition coefficient (Wildman–Crippen LogP) is 4.23.